The van der Waals surface area contributed by atoms with Crippen LogP contribution >= 0.6 is 45.8 Å². The Morgan fingerprint density at radius 2 is 1.71 bits per heavy atom. The number of halogens is 3. The molecule has 2 N–H and O–H groups in total. The molecule has 1 fully saturated rings. The van der Waals surface area contributed by atoms with Crippen molar-refractivity contribution >= 4 is 69.3 Å². The number of carbonyl (C=O) groups is 3. The van der Waals surface area contributed by atoms with Gasteiger partial charge in [-0.2, -0.15) is 0 Å². The summed E-state index contributed by atoms with van der Waals surface area (Å²) in [4.78, 5) is 39.7. The summed E-state index contributed by atoms with van der Waals surface area (Å²) in [5, 5.41) is 7.17. The van der Waals surface area contributed by atoms with E-state index in [1.807, 2.05) is 36.4 Å². The van der Waals surface area contributed by atoms with Crippen molar-refractivity contribution in [3.05, 3.63) is 121 Å². The highest BCUT2D eigenvalue weighted by Gasteiger charge is 2.61. The van der Waals surface area contributed by atoms with Crippen LogP contribution in [0.15, 0.2) is 84.9 Å². The number of amides is 2. The topological polar surface area (TPSA) is 93.7 Å². The van der Waals surface area contributed by atoms with Gasteiger partial charge in [0.05, 0.1) is 18.7 Å². The highest BCUT2D eigenvalue weighted by atomic mass is 127. The van der Waals surface area contributed by atoms with Gasteiger partial charge < -0.3 is 20.1 Å². The predicted molar refractivity (Wildman–Crippen MR) is 168 cm³/mol. The fourth-order valence-corrected chi connectivity index (χ4v) is 6.90. The number of benzene rings is 4. The summed E-state index contributed by atoms with van der Waals surface area (Å²) in [6.45, 7) is 0. The Labute approximate surface area is 265 Å². The van der Waals surface area contributed by atoms with Crippen LogP contribution in [0, 0.1) is 3.57 Å². The van der Waals surface area contributed by atoms with E-state index in [4.69, 9.17) is 32.7 Å². The quantitative estimate of drug-likeness (QED) is 0.166. The van der Waals surface area contributed by atoms with Crippen molar-refractivity contribution in [1.29, 1.82) is 0 Å². The minimum atomic E-state index is -1.25. The number of hydrogen-bond acceptors (Lipinski definition) is 5. The molecule has 2 amide bonds. The van der Waals surface area contributed by atoms with Crippen molar-refractivity contribution in [3.8, 4) is 11.5 Å². The second-order valence-electron chi connectivity index (χ2n) is 10.1. The van der Waals surface area contributed by atoms with Gasteiger partial charge >= 0.3 is 5.97 Å². The van der Waals surface area contributed by atoms with Crippen molar-refractivity contribution in [2.24, 2.45) is 0 Å². The van der Waals surface area contributed by atoms with Crippen LogP contribution in [-0.2, 0) is 19.7 Å². The molecule has 2 aliphatic rings. The van der Waals surface area contributed by atoms with Gasteiger partial charge in [0.1, 0.15) is 16.9 Å². The molecule has 7 nitrogen and oxygen atoms in total. The molecule has 2 aliphatic heterocycles. The smallest absolute Gasteiger partial charge is 0.337 e. The molecule has 0 bridgehead atoms. The monoisotopic (exact) mass is 712 g/mol. The second kappa shape index (κ2) is 11.2. The summed E-state index contributed by atoms with van der Waals surface area (Å²) in [7, 11) is 1.32. The van der Waals surface area contributed by atoms with Crippen molar-refractivity contribution in [3.63, 3.8) is 0 Å². The maximum absolute atomic E-state index is 14.3. The largest absolute Gasteiger partial charge is 0.465 e. The van der Waals surface area contributed by atoms with Gasteiger partial charge in [-0.1, -0.05) is 41.4 Å². The second-order valence-corrected chi connectivity index (χ2v) is 12.2. The normalized spacial score (nSPS) is 21.0. The molecule has 2 heterocycles. The van der Waals surface area contributed by atoms with Crippen LogP contribution in [0.5, 0.6) is 11.5 Å². The lowest BCUT2D eigenvalue weighted by atomic mass is 9.59. The van der Waals surface area contributed by atoms with Gasteiger partial charge in [-0.3, -0.25) is 9.59 Å². The van der Waals surface area contributed by atoms with E-state index < -0.39 is 23.3 Å². The Morgan fingerprint density at radius 1 is 0.952 bits per heavy atom. The van der Waals surface area contributed by atoms with Crippen LogP contribution in [0.25, 0.3) is 0 Å². The number of anilines is 1. The molecule has 1 saturated heterocycles. The van der Waals surface area contributed by atoms with E-state index in [2.05, 4.69) is 33.2 Å². The van der Waals surface area contributed by atoms with Crippen LogP contribution in [0.3, 0.4) is 0 Å². The molecule has 6 rings (SSSR count). The summed E-state index contributed by atoms with van der Waals surface area (Å²) in [5.41, 5.74) is 1.83. The Kier molecular flexibility index (Phi) is 7.63. The molecule has 3 atom stereocenters. The highest BCUT2D eigenvalue weighted by Crippen LogP contribution is 2.58. The molecule has 42 heavy (non-hydrogen) atoms. The van der Waals surface area contributed by atoms with E-state index in [9.17, 15) is 14.4 Å². The molecule has 1 spiro atoms. The van der Waals surface area contributed by atoms with Gasteiger partial charge in [-0.25, -0.2) is 4.79 Å². The van der Waals surface area contributed by atoms with Crippen molar-refractivity contribution < 1.29 is 23.9 Å². The first-order valence-electron chi connectivity index (χ1n) is 13.0. The van der Waals surface area contributed by atoms with Crippen LogP contribution in [0.2, 0.25) is 10.0 Å². The molecular formula is C32H23Cl2IN2O5. The van der Waals surface area contributed by atoms with Crippen molar-refractivity contribution in [1.82, 2.24) is 5.32 Å². The van der Waals surface area contributed by atoms with Gasteiger partial charge in [0, 0.05) is 37.2 Å². The number of ether oxygens (including phenoxy) is 2. The van der Waals surface area contributed by atoms with Crippen molar-refractivity contribution in [2.45, 2.75) is 23.8 Å². The number of esters is 1. The first-order valence-corrected chi connectivity index (χ1v) is 14.9. The highest BCUT2D eigenvalue weighted by molar-refractivity contribution is 14.1. The van der Waals surface area contributed by atoms with Crippen LogP contribution in [-0.4, -0.2) is 24.9 Å². The molecule has 0 aromatic heterocycles. The summed E-state index contributed by atoms with van der Waals surface area (Å²) >= 11 is 14.9. The lowest BCUT2D eigenvalue weighted by Gasteiger charge is -2.46. The van der Waals surface area contributed by atoms with E-state index in [1.54, 1.807) is 48.5 Å². The summed E-state index contributed by atoms with van der Waals surface area (Å²) in [6, 6.07) is 23.9. The van der Waals surface area contributed by atoms with Gasteiger partial charge in [0.2, 0.25) is 11.8 Å². The predicted octanol–water partition coefficient (Wildman–Crippen LogP) is 7.41. The number of fused-ring (bicyclic) bond motifs is 2. The molecule has 0 aliphatic carbocycles. The average molecular weight is 713 g/mol. The number of carbonyl (C=O) groups excluding carboxylic acids is 3. The maximum atomic E-state index is 14.3. The summed E-state index contributed by atoms with van der Waals surface area (Å²) < 4.78 is 12.0. The molecule has 0 unspecified atom stereocenters. The number of methoxy groups -OCH3 is 1. The van der Waals surface area contributed by atoms with Gasteiger partial charge in [0.25, 0.3) is 0 Å². The average Bonchev–Trinajstić information content (AvgIpc) is 3.25. The third-order valence-corrected chi connectivity index (χ3v) is 8.93. The standard InChI is InChI=1S/C32H23Cl2IN2O5/c1-41-30(39)17-5-9-22(10-6-17)42-27-12-8-21(35)15-23(27)29-32(24-11-7-20(34)14-26(24)36-31(32)40)25(16-28(38)37-29)18-3-2-4-19(33)13-18/h2-15,25,29H,16H2,1H3,(H,36,40)(H,37,38)/t25-,29+,32-/m0/s1. The van der Waals surface area contributed by atoms with Crippen LogP contribution in [0.4, 0.5) is 5.69 Å². The maximum Gasteiger partial charge on any atom is 0.337 e. The Bertz CT molecular complexity index is 1750. The minimum Gasteiger partial charge on any atom is -0.465 e. The van der Waals surface area contributed by atoms with E-state index >= 15 is 0 Å². The molecule has 4 aromatic carbocycles. The fraction of sp³-hybridized carbons (Fsp3) is 0.156. The van der Waals surface area contributed by atoms with E-state index in [-0.39, 0.29) is 18.2 Å². The summed E-state index contributed by atoms with van der Waals surface area (Å²) in [6.07, 6.45) is 0.0709. The zero-order chi connectivity index (χ0) is 29.6. The Hall–Kier alpha value is -3.60. The first kappa shape index (κ1) is 28.5. The van der Waals surface area contributed by atoms with Crippen molar-refractivity contribution in [2.75, 3.05) is 12.4 Å². The van der Waals surface area contributed by atoms with E-state index in [0.29, 0.717) is 38.4 Å². The van der Waals surface area contributed by atoms with Gasteiger partial charge in [-0.05, 0) is 100 Å². The van der Waals surface area contributed by atoms with Crippen LogP contribution < -0.4 is 15.4 Å². The molecule has 212 valence electrons. The molecule has 0 radical (unpaired) electrons. The lowest BCUT2D eigenvalue weighted by Crippen LogP contribution is -2.56. The van der Waals surface area contributed by atoms with E-state index in [1.165, 1.54) is 7.11 Å². The Balaban J connectivity index is 1.54. The minimum absolute atomic E-state index is 0.0709. The van der Waals surface area contributed by atoms with E-state index in [0.717, 1.165) is 14.7 Å². The fourth-order valence-electron chi connectivity index (χ4n) is 6.01. The van der Waals surface area contributed by atoms with Crippen LogP contribution in [0.1, 0.15) is 45.4 Å². The molecular weight excluding hydrogens is 690 g/mol. The SMILES string of the molecule is COC(=O)c1ccc(Oc2ccc(I)cc2[C@H]2NC(=O)C[C@@H](c3cccc(Cl)c3)[C@]23C(=O)Nc2cc(Cl)ccc23)cc1. The Morgan fingerprint density at radius 3 is 2.45 bits per heavy atom. The lowest BCUT2D eigenvalue weighted by molar-refractivity contribution is -0.131. The zero-order valence-electron chi connectivity index (χ0n) is 22.1. The number of nitrogens with one attached hydrogen (secondary N) is 2. The number of piperidine rings is 1. The zero-order valence-corrected chi connectivity index (χ0v) is 25.8. The molecule has 10 heteroatoms. The summed E-state index contributed by atoms with van der Waals surface area (Å²) in [5.74, 6) is -0.562. The number of rotatable bonds is 5. The molecule has 0 saturated carbocycles. The third kappa shape index (κ3) is 4.91. The first-order chi connectivity index (χ1) is 20.2. The van der Waals surface area contributed by atoms with Gasteiger partial charge in [-0.15, -0.1) is 0 Å². The molecule has 4 aromatic rings. The number of hydrogen-bond donors (Lipinski definition) is 2. The third-order valence-electron chi connectivity index (χ3n) is 7.79. The van der Waals surface area contributed by atoms with Gasteiger partial charge in [0.15, 0.2) is 0 Å².